The second-order valence-electron chi connectivity index (χ2n) is 2.03. The standard InChI is InChI=1S/C3H7N5O2S/c1-8-3(5-6-7-8)2-11(4,9)10/h2H2,1H3,(H2,4,9,10). The van der Waals surface area contributed by atoms with Gasteiger partial charge in [-0.15, -0.1) is 5.10 Å². The number of nitrogens with two attached hydrogens (primary N) is 1. The van der Waals surface area contributed by atoms with Gasteiger partial charge in [-0.25, -0.2) is 18.2 Å². The molecule has 0 amide bonds. The van der Waals surface area contributed by atoms with E-state index in [9.17, 15) is 8.42 Å². The third-order valence-corrected chi connectivity index (χ3v) is 1.70. The fourth-order valence-electron chi connectivity index (χ4n) is 0.550. The van der Waals surface area contributed by atoms with E-state index < -0.39 is 10.0 Å². The van der Waals surface area contributed by atoms with Crippen LogP contribution in [-0.2, 0) is 22.8 Å². The van der Waals surface area contributed by atoms with Crippen LogP contribution in [0.4, 0.5) is 0 Å². The summed E-state index contributed by atoms with van der Waals surface area (Å²) in [7, 11) is -1.99. The van der Waals surface area contributed by atoms with Crippen LogP contribution in [0.25, 0.3) is 0 Å². The summed E-state index contributed by atoms with van der Waals surface area (Å²) in [6.45, 7) is 0. The van der Waals surface area contributed by atoms with E-state index in [1.165, 1.54) is 4.68 Å². The molecular weight excluding hydrogens is 170 g/mol. The molecule has 0 aliphatic heterocycles. The number of sulfonamides is 1. The zero-order chi connectivity index (χ0) is 8.48. The minimum Gasteiger partial charge on any atom is -0.232 e. The molecule has 0 radical (unpaired) electrons. The van der Waals surface area contributed by atoms with Crippen LogP contribution in [0.3, 0.4) is 0 Å². The van der Waals surface area contributed by atoms with Gasteiger partial charge in [0.15, 0.2) is 5.82 Å². The van der Waals surface area contributed by atoms with Crippen molar-refractivity contribution in [3.63, 3.8) is 0 Å². The number of nitrogens with zero attached hydrogens (tertiary/aromatic N) is 4. The zero-order valence-corrected chi connectivity index (χ0v) is 6.61. The first kappa shape index (κ1) is 8.08. The molecular formula is C3H7N5O2S. The Morgan fingerprint density at radius 2 is 2.27 bits per heavy atom. The monoisotopic (exact) mass is 177 g/mol. The van der Waals surface area contributed by atoms with Gasteiger partial charge in [0.2, 0.25) is 10.0 Å². The minimum atomic E-state index is -3.53. The Morgan fingerprint density at radius 3 is 2.64 bits per heavy atom. The third kappa shape index (κ3) is 2.24. The van der Waals surface area contributed by atoms with E-state index in [0.717, 1.165) is 0 Å². The molecule has 0 saturated heterocycles. The molecule has 0 unspecified atom stereocenters. The first-order valence-corrected chi connectivity index (χ1v) is 4.42. The van der Waals surface area contributed by atoms with Crippen LogP contribution in [0, 0.1) is 0 Å². The van der Waals surface area contributed by atoms with Gasteiger partial charge >= 0.3 is 0 Å². The summed E-state index contributed by atoms with van der Waals surface area (Å²) in [5, 5.41) is 14.9. The Hall–Kier alpha value is -1.02. The lowest BCUT2D eigenvalue weighted by atomic mass is 10.7. The first-order chi connectivity index (χ1) is 4.99. The largest absolute Gasteiger partial charge is 0.232 e. The summed E-state index contributed by atoms with van der Waals surface area (Å²) >= 11 is 0. The third-order valence-electron chi connectivity index (χ3n) is 1.04. The number of hydrogen-bond acceptors (Lipinski definition) is 5. The van der Waals surface area contributed by atoms with E-state index in [2.05, 4.69) is 15.5 Å². The maximum Gasteiger partial charge on any atom is 0.216 e. The second-order valence-corrected chi connectivity index (χ2v) is 3.64. The Bertz CT molecular complexity index is 340. The van der Waals surface area contributed by atoms with Crippen molar-refractivity contribution in [2.24, 2.45) is 12.2 Å². The van der Waals surface area contributed by atoms with Crippen LogP contribution in [0.1, 0.15) is 5.82 Å². The summed E-state index contributed by atoms with van der Waals surface area (Å²) in [6.07, 6.45) is 0. The van der Waals surface area contributed by atoms with E-state index in [1.54, 1.807) is 7.05 Å². The van der Waals surface area contributed by atoms with Crippen molar-refractivity contribution in [1.82, 2.24) is 20.2 Å². The number of hydrogen-bond donors (Lipinski definition) is 1. The molecule has 0 fully saturated rings. The molecule has 1 heterocycles. The van der Waals surface area contributed by atoms with Crippen LogP contribution in [-0.4, -0.2) is 28.6 Å². The Kier molecular flexibility index (Phi) is 1.87. The molecule has 1 rings (SSSR count). The van der Waals surface area contributed by atoms with Gasteiger partial charge in [0.25, 0.3) is 0 Å². The summed E-state index contributed by atoms with van der Waals surface area (Å²) in [5.41, 5.74) is 0. The fraction of sp³-hybridized carbons (Fsp3) is 0.667. The molecule has 62 valence electrons. The van der Waals surface area contributed by atoms with Crippen LogP contribution >= 0.6 is 0 Å². The molecule has 0 bridgehead atoms. The highest BCUT2D eigenvalue weighted by atomic mass is 32.2. The Balaban J connectivity index is 2.89. The molecule has 1 aromatic rings. The predicted octanol–water partition coefficient (Wildman–Crippen LogP) is -2.00. The number of primary sulfonamides is 1. The number of rotatable bonds is 2. The molecule has 11 heavy (non-hydrogen) atoms. The van der Waals surface area contributed by atoms with Gasteiger partial charge in [-0.3, -0.25) is 0 Å². The molecule has 7 nitrogen and oxygen atoms in total. The molecule has 2 N–H and O–H groups in total. The summed E-state index contributed by atoms with van der Waals surface area (Å²) in [5.74, 6) is -0.108. The SMILES string of the molecule is Cn1nnnc1CS(N)(=O)=O. The number of aryl methyl sites for hydroxylation is 1. The van der Waals surface area contributed by atoms with Crippen molar-refractivity contribution in [3.05, 3.63) is 5.82 Å². The summed E-state index contributed by atoms with van der Waals surface area (Å²) in [6, 6.07) is 0. The lowest BCUT2D eigenvalue weighted by molar-refractivity contribution is 0.592. The number of tetrazole rings is 1. The maximum atomic E-state index is 10.5. The molecule has 0 aliphatic carbocycles. The first-order valence-electron chi connectivity index (χ1n) is 2.71. The lowest BCUT2D eigenvalue weighted by Crippen LogP contribution is -2.17. The van der Waals surface area contributed by atoms with E-state index in [-0.39, 0.29) is 11.6 Å². The Morgan fingerprint density at radius 1 is 1.64 bits per heavy atom. The normalized spacial score (nSPS) is 11.8. The van der Waals surface area contributed by atoms with Crippen molar-refractivity contribution in [2.45, 2.75) is 5.75 Å². The molecule has 0 aliphatic rings. The Labute approximate surface area is 63.2 Å². The van der Waals surface area contributed by atoms with E-state index in [4.69, 9.17) is 5.14 Å². The van der Waals surface area contributed by atoms with E-state index in [0.29, 0.717) is 0 Å². The smallest absolute Gasteiger partial charge is 0.216 e. The van der Waals surface area contributed by atoms with Crippen LogP contribution in [0.2, 0.25) is 0 Å². The average Bonchev–Trinajstić information content (AvgIpc) is 2.12. The van der Waals surface area contributed by atoms with E-state index in [1.807, 2.05) is 0 Å². The highest BCUT2D eigenvalue weighted by Crippen LogP contribution is 1.93. The summed E-state index contributed by atoms with van der Waals surface area (Å²) in [4.78, 5) is 0. The maximum absolute atomic E-state index is 10.5. The van der Waals surface area contributed by atoms with Crippen LogP contribution in [0.15, 0.2) is 0 Å². The van der Waals surface area contributed by atoms with Gasteiger partial charge in [-0.2, -0.15) is 0 Å². The predicted molar refractivity (Wildman–Crippen MR) is 35.6 cm³/mol. The molecule has 0 aromatic carbocycles. The zero-order valence-electron chi connectivity index (χ0n) is 5.80. The highest BCUT2D eigenvalue weighted by molar-refractivity contribution is 7.88. The molecule has 0 spiro atoms. The van der Waals surface area contributed by atoms with Crippen molar-refractivity contribution in [3.8, 4) is 0 Å². The fourth-order valence-corrected chi connectivity index (χ4v) is 1.15. The van der Waals surface area contributed by atoms with Crippen LogP contribution in [0.5, 0.6) is 0 Å². The van der Waals surface area contributed by atoms with Gasteiger partial charge in [0.1, 0.15) is 5.75 Å². The minimum absolute atomic E-state index is 0.229. The molecule has 0 saturated carbocycles. The second kappa shape index (κ2) is 2.55. The van der Waals surface area contributed by atoms with Gasteiger partial charge < -0.3 is 0 Å². The van der Waals surface area contributed by atoms with Gasteiger partial charge in [0, 0.05) is 7.05 Å². The topological polar surface area (TPSA) is 104 Å². The summed E-state index contributed by atoms with van der Waals surface area (Å²) < 4.78 is 22.3. The van der Waals surface area contributed by atoms with Gasteiger partial charge in [-0.1, -0.05) is 0 Å². The van der Waals surface area contributed by atoms with Crippen molar-refractivity contribution >= 4 is 10.0 Å². The van der Waals surface area contributed by atoms with E-state index >= 15 is 0 Å². The number of aromatic nitrogens is 4. The lowest BCUT2D eigenvalue weighted by Gasteiger charge is -1.94. The van der Waals surface area contributed by atoms with Gasteiger partial charge in [-0.05, 0) is 10.4 Å². The average molecular weight is 177 g/mol. The van der Waals surface area contributed by atoms with Gasteiger partial charge in [0.05, 0.1) is 0 Å². The van der Waals surface area contributed by atoms with Crippen molar-refractivity contribution in [1.29, 1.82) is 0 Å². The molecule has 0 atom stereocenters. The highest BCUT2D eigenvalue weighted by Gasteiger charge is 2.10. The van der Waals surface area contributed by atoms with Crippen molar-refractivity contribution < 1.29 is 8.42 Å². The van der Waals surface area contributed by atoms with Crippen LogP contribution < -0.4 is 5.14 Å². The quantitative estimate of drug-likeness (QED) is 0.562. The molecule has 8 heteroatoms. The molecule has 1 aromatic heterocycles. The van der Waals surface area contributed by atoms with Crippen molar-refractivity contribution in [2.75, 3.05) is 0 Å².